The van der Waals surface area contributed by atoms with Crippen LogP contribution in [0.15, 0.2) is 10.3 Å². The van der Waals surface area contributed by atoms with Crippen LogP contribution in [-0.2, 0) is 9.53 Å². The third kappa shape index (κ3) is 5.10. The summed E-state index contributed by atoms with van der Waals surface area (Å²) in [4.78, 5) is 23.5. The minimum Gasteiger partial charge on any atom is -0.379 e. The number of rotatable bonds is 5. The summed E-state index contributed by atoms with van der Waals surface area (Å²) in [6, 6.07) is 1.75. The van der Waals surface area contributed by atoms with Crippen LogP contribution >= 0.6 is 23.3 Å². The van der Waals surface area contributed by atoms with Crippen molar-refractivity contribution in [2.24, 2.45) is 11.1 Å². The zero-order chi connectivity index (χ0) is 17.0. The van der Waals surface area contributed by atoms with Gasteiger partial charge >= 0.3 is 0 Å². The molecule has 0 spiro atoms. The maximum absolute atomic E-state index is 11.9. The zero-order valence-corrected chi connectivity index (χ0v) is 15.1. The van der Waals surface area contributed by atoms with Gasteiger partial charge in [-0.05, 0) is 18.0 Å². The molecule has 0 saturated carbocycles. The SMILES string of the molecule is CC(C)(C)C(=O)NNc1sc(SN2CCOCC2)cc1C(N)=O. The number of nitrogens with two attached hydrogens (primary N) is 1. The van der Waals surface area contributed by atoms with Gasteiger partial charge in [-0.3, -0.25) is 20.4 Å². The molecule has 1 aliphatic heterocycles. The van der Waals surface area contributed by atoms with Crippen molar-refractivity contribution < 1.29 is 14.3 Å². The van der Waals surface area contributed by atoms with E-state index >= 15 is 0 Å². The van der Waals surface area contributed by atoms with E-state index < -0.39 is 11.3 Å². The highest BCUT2D eigenvalue weighted by molar-refractivity contribution is 7.99. The van der Waals surface area contributed by atoms with Gasteiger partial charge in [0.1, 0.15) is 5.00 Å². The van der Waals surface area contributed by atoms with Gasteiger partial charge in [-0.15, -0.1) is 11.3 Å². The Morgan fingerprint density at radius 3 is 2.57 bits per heavy atom. The van der Waals surface area contributed by atoms with Gasteiger partial charge in [0.2, 0.25) is 5.91 Å². The number of hydrogen-bond acceptors (Lipinski definition) is 7. The number of nitrogens with zero attached hydrogens (tertiary/aromatic N) is 1. The predicted molar refractivity (Wildman–Crippen MR) is 92.3 cm³/mol. The predicted octanol–water partition coefficient (Wildman–Crippen LogP) is 1.68. The fourth-order valence-corrected chi connectivity index (χ4v) is 3.98. The molecule has 1 saturated heterocycles. The van der Waals surface area contributed by atoms with Crippen LogP contribution in [0.5, 0.6) is 0 Å². The molecule has 0 unspecified atom stereocenters. The Hall–Kier alpha value is -1.29. The van der Waals surface area contributed by atoms with E-state index in [1.165, 1.54) is 11.3 Å². The number of ether oxygens (including phenoxy) is 1. The summed E-state index contributed by atoms with van der Waals surface area (Å²) in [6.45, 7) is 8.50. The van der Waals surface area contributed by atoms with Gasteiger partial charge in [-0.25, -0.2) is 4.31 Å². The second-order valence-corrected chi connectivity index (χ2v) is 8.58. The molecule has 2 amide bonds. The molecule has 0 radical (unpaired) electrons. The molecule has 2 rings (SSSR count). The summed E-state index contributed by atoms with van der Waals surface area (Å²) < 4.78 is 8.43. The number of anilines is 1. The third-order valence-corrected chi connectivity index (χ3v) is 5.37. The number of primary amides is 1. The lowest BCUT2D eigenvalue weighted by atomic mass is 9.96. The van der Waals surface area contributed by atoms with Crippen LogP contribution in [0.2, 0.25) is 0 Å². The summed E-state index contributed by atoms with van der Waals surface area (Å²) in [5, 5.41) is 0.547. The van der Waals surface area contributed by atoms with Crippen LogP contribution in [-0.4, -0.2) is 42.4 Å². The highest BCUT2D eigenvalue weighted by atomic mass is 32.2. The number of nitrogens with one attached hydrogen (secondary N) is 2. The van der Waals surface area contributed by atoms with Gasteiger partial charge in [0.25, 0.3) is 5.91 Å². The summed E-state index contributed by atoms with van der Waals surface area (Å²) in [5.41, 5.74) is 10.7. The first-order valence-electron chi connectivity index (χ1n) is 7.28. The number of carbonyl (C=O) groups is 2. The summed E-state index contributed by atoms with van der Waals surface area (Å²) in [6.07, 6.45) is 0. The zero-order valence-electron chi connectivity index (χ0n) is 13.5. The number of carbonyl (C=O) groups excluding carboxylic acids is 2. The summed E-state index contributed by atoms with van der Waals surface area (Å²) in [5.74, 6) is -0.689. The summed E-state index contributed by atoms with van der Waals surface area (Å²) in [7, 11) is 0. The van der Waals surface area contributed by atoms with Crippen molar-refractivity contribution in [1.29, 1.82) is 0 Å². The highest BCUT2D eigenvalue weighted by Gasteiger charge is 2.23. The van der Waals surface area contributed by atoms with E-state index in [9.17, 15) is 9.59 Å². The Labute approximate surface area is 144 Å². The van der Waals surface area contributed by atoms with Gasteiger partial charge < -0.3 is 10.5 Å². The third-order valence-electron chi connectivity index (χ3n) is 3.13. The van der Waals surface area contributed by atoms with Crippen molar-refractivity contribution in [3.05, 3.63) is 11.6 Å². The molecular weight excluding hydrogens is 336 g/mol. The molecule has 2 heterocycles. The molecule has 1 aromatic rings. The minimum atomic E-state index is -0.525. The van der Waals surface area contributed by atoms with Crippen molar-refractivity contribution >= 4 is 40.1 Å². The number of hydrogen-bond donors (Lipinski definition) is 3. The van der Waals surface area contributed by atoms with E-state index in [1.54, 1.807) is 18.0 Å². The minimum absolute atomic E-state index is 0.163. The molecule has 1 aliphatic rings. The first kappa shape index (κ1) is 18.1. The standard InChI is InChI=1S/C14H22N4O3S2/c1-14(2,3)13(20)17-16-12-9(11(15)19)8-10(22-12)23-18-4-6-21-7-5-18/h8,16H,4-7H2,1-3H3,(H2,15,19)(H,17,20). The number of morpholine rings is 1. The van der Waals surface area contributed by atoms with Gasteiger partial charge in [-0.2, -0.15) is 0 Å². The fourth-order valence-electron chi connectivity index (χ4n) is 1.76. The van der Waals surface area contributed by atoms with Gasteiger partial charge in [0, 0.05) is 18.5 Å². The van der Waals surface area contributed by atoms with E-state index in [0.717, 1.165) is 17.3 Å². The largest absolute Gasteiger partial charge is 0.379 e. The summed E-state index contributed by atoms with van der Waals surface area (Å²) >= 11 is 2.96. The van der Waals surface area contributed by atoms with Crippen molar-refractivity contribution in [2.75, 3.05) is 31.7 Å². The number of amides is 2. The molecule has 0 aliphatic carbocycles. The average Bonchev–Trinajstić information content (AvgIpc) is 2.88. The van der Waals surface area contributed by atoms with Crippen LogP contribution in [0.3, 0.4) is 0 Å². The Balaban J connectivity index is 2.05. The van der Waals surface area contributed by atoms with Crippen molar-refractivity contribution in [2.45, 2.75) is 25.0 Å². The van der Waals surface area contributed by atoms with Crippen LogP contribution in [0.4, 0.5) is 5.00 Å². The Kier molecular flexibility index (Phi) is 5.90. The smallest absolute Gasteiger partial charge is 0.251 e. The Morgan fingerprint density at radius 1 is 1.35 bits per heavy atom. The second-order valence-electron chi connectivity index (χ2n) is 6.13. The first-order chi connectivity index (χ1) is 10.8. The van der Waals surface area contributed by atoms with Gasteiger partial charge in [0.05, 0.1) is 23.0 Å². The van der Waals surface area contributed by atoms with Crippen LogP contribution in [0.1, 0.15) is 31.1 Å². The molecule has 128 valence electrons. The van der Waals surface area contributed by atoms with Crippen molar-refractivity contribution in [1.82, 2.24) is 9.73 Å². The van der Waals surface area contributed by atoms with Crippen LogP contribution < -0.4 is 16.6 Å². The Morgan fingerprint density at radius 2 is 2.00 bits per heavy atom. The van der Waals surface area contributed by atoms with Gasteiger partial charge in [0.15, 0.2) is 0 Å². The molecule has 0 bridgehead atoms. The van der Waals surface area contributed by atoms with E-state index in [0.29, 0.717) is 23.8 Å². The lowest BCUT2D eigenvalue weighted by Gasteiger charge is -2.24. The normalized spacial score (nSPS) is 16.1. The molecule has 0 aromatic carbocycles. The average molecular weight is 358 g/mol. The maximum atomic E-state index is 11.9. The van der Waals surface area contributed by atoms with Crippen molar-refractivity contribution in [3.63, 3.8) is 0 Å². The van der Waals surface area contributed by atoms with E-state index in [-0.39, 0.29) is 5.91 Å². The monoisotopic (exact) mass is 358 g/mol. The molecule has 23 heavy (non-hydrogen) atoms. The molecule has 4 N–H and O–H groups in total. The molecule has 0 atom stereocenters. The number of hydrazine groups is 1. The van der Waals surface area contributed by atoms with Gasteiger partial charge in [-0.1, -0.05) is 20.8 Å². The molecule has 1 aromatic heterocycles. The van der Waals surface area contributed by atoms with E-state index in [2.05, 4.69) is 15.2 Å². The first-order valence-corrected chi connectivity index (χ1v) is 8.87. The highest BCUT2D eigenvalue weighted by Crippen LogP contribution is 2.36. The van der Waals surface area contributed by atoms with E-state index in [4.69, 9.17) is 10.5 Å². The Bertz CT molecular complexity index is 577. The number of thiophene rings is 1. The van der Waals surface area contributed by atoms with Crippen molar-refractivity contribution in [3.8, 4) is 0 Å². The quantitative estimate of drug-likeness (QED) is 0.547. The fraction of sp³-hybridized carbons (Fsp3) is 0.571. The topological polar surface area (TPSA) is 96.7 Å². The van der Waals surface area contributed by atoms with Crippen LogP contribution in [0, 0.1) is 5.41 Å². The molecule has 1 fully saturated rings. The lowest BCUT2D eigenvalue weighted by molar-refractivity contribution is -0.127. The second kappa shape index (κ2) is 7.52. The maximum Gasteiger partial charge on any atom is 0.251 e. The molecular formula is C14H22N4O3S2. The van der Waals surface area contributed by atoms with E-state index in [1.807, 2.05) is 20.8 Å². The molecule has 7 nitrogen and oxygen atoms in total. The van der Waals surface area contributed by atoms with Crippen LogP contribution in [0.25, 0.3) is 0 Å². The molecule has 9 heteroatoms. The lowest BCUT2D eigenvalue weighted by Crippen LogP contribution is -2.38.